The van der Waals surface area contributed by atoms with Gasteiger partial charge in [-0.2, -0.15) is 0 Å². The molecule has 4 nitrogen and oxygen atoms in total. The number of hydrogen-bond acceptors (Lipinski definition) is 4. The lowest BCUT2D eigenvalue weighted by molar-refractivity contribution is 0.0697. The van der Waals surface area contributed by atoms with E-state index in [9.17, 15) is 9.35 Å². The van der Waals surface area contributed by atoms with Crippen LogP contribution in [0.3, 0.4) is 0 Å². The molecule has 0 fully saturated rings. The summed E-state index contributed by atoms with van der Waals surface area (Å²) in [5, 5.41) is 10.1. The summed E-state index contributed by atoms with van der Waals surface area (Å²) in [6, 6.07) is 14.2. The Morgan fingerprint density at radius 2 is 2.00 bits per heavy atom. The maximum atomic E-state index is 12.5. The number of nitrogens with one attached hydrogen (secondary N) is 1. The number of carboxylic acids is 1. The Hall–Kier alpha value is -2.02. The van der Waals surface area contributed by atoms with Crippen LogP contribution < -0.4 is 4.72 Å². The number of carbonyl (C=O) groups is 1. The van der Waals surface area contributed by atoms with Crippen molar-refractivity contribution in [1.29, 1.82) is 0 Å². The van der Waals surface area contributed by atoms with E-state index in [4.69, 9.17) is 5.11 Å². The maximum absolute atomic E-state index is 12.5. The van der Waals surface area contributed by atoms with E-state index in [1.54, 1.807) is 12.1 Å². The molecule has 1 atom stereocenters. The van der Waals surface area contributed by atoms with Crippen molar-refractivity contribution in [3.05, 3.63) is 59.7 Å². The van der Waals surface area contributed by atoms with E-state index in [0.29, 0.717) is 5.69 Å². The first-order chi connectivity index (χ1) is 10.6. The van der Waals surface area contributed by atoms with E-state index in [1.807, 2.05) is 31.2 Å². The molecule has 3 aromatic rings. The first-order valence-corrected chi connectivity index (χ1v) is 8.53. The third-order valence-corrected chi connectivity index (χ3v) is 6.12. The highest BCUT2D eigenvalue weighted by Gasteiger charge is 2.20. The van der Waals surface area contributed by atoms with E-state index in [0.717, 1.165) is 19.9 Å². The molecule has 0 saturated carbocycles. The summed E-state index contributed by atoms with van der Waals surface area (Å²) in [6.07, 6.45) is 0. The van der Waals surface area contributed by atoms with Crippen LogP contribution in [0.4, 0.5) is 5.69 Å². The number of anilines is 1. The third-order valence-electron chi connectivity index (χ3n) is 3.29. The van der Waals surface area contributed by atoms with Crippen LogP contribution in [-0.4, -0.2) is 15.6 Å². The zero-order valence-corrected chi connectivity index (χ0v) is 13.3. The molecule has 0 aliphatic rings. The van der Waals surface area contributed by atoms with Gasteiger partial charge in [-0.05, 0) is 31.2 Å². The van der Waals surface area contributed by atoms with Gasteiger partial charge in [-0.3, -0.25) is 0 Å². The van der Waals surface area contributed by atoms with E-state index in [-0.39, 0.29) is 5.56 Å². The molecule has 1 heterocycles. The monoisotopic (exact) mass is 331 g/mol. The summed E-state index contributed by atoms with van der Waals surface area (Å²) in [7, 11) is 0. The number of fused-ring (bicyclic) bond motifs is 1. The van der Waals surface area contributed by atoms with Gasteiger partial charge in [0.2, 0.25) is 4.21 Å². The molecule has 2 aromatic carbocycles. The van der Waals surface area contributed by atoms with Gasteiger partial charge in [0.05, 0.1) is 11.3 Å². The van der Waals surface area contributed by atoms with E-state index < -0.39 is 17.3 Å². The lowest BCUT2D eigenvalue weighted by Gasteiger charge is -2.11. The van der Waals surface area contributed by atoms with Crippen molar-refractivity contribution in [2.75, 3.05) is 4.72 Å². The minimum Gasteiger partial charge on any atom is -0.587 e. The standard InChI is InChI=1S/C16H13NO3S2/c1-10-13-7-2-3-8-14(13)21-16(10)22(20)17-12-6-4-5-11(9-12)15(18)19/h2-9,17H,1H3,(H,18,19). The van der Waals surface area contributed by atoms with Crippen molar-refractivity contribution >= 4 is 44.4 Å². The molecule has 1 unspecified atom stereocenters. The molecule has 112 valence electrons. The molecule has 0 spiro atoms. The molecule has 0 bridgehead atoms. The Kier molecular flexibility index (Phi) is 4.06. The van der Waals surface area contributed by atoms with Crippen molar-refractivity contribution < 1.29 is 14.5 Å². The Morgan fingerprint density at radius 3 is 2.73 bits per heavy atom. The zero-order chi connectivity index (χ0) is 15.7. The normalized spacial score (nSPS) is 12.3. The van der Waals surface area contributed by atoms with Gasteiger partial charge in [-0.25, -0.2) is 9.52 Å². The van der Waals surface area contributed by atoms with E-state index in [1.165, 1.54) is 23.5 Å². The number of rotatable bonds is 4. The van der Waals surface area contributed by atoms with Crippen LogP contribution in [0.15, 0.2) is 52.7 Å². The predicted octanol–water partition coefficient (Wildman–Crippen LogP) is 4.04. The van der Waals surface area contributed by atoms with Crippen LogP contribution in [0.5, 0.6) is 0 Å². The van der Waals surface area contributed by atoms with Crippen molar-refractivity contribution in [1.82, 2.24) is 0 Å². The number of carboxylic acid groups (broad SMARTS) is 1. The van der Waals surface area contributed by atoms with Gasteiger partial charge in [0, 0.05) is 15.6 Å². The Labute approximate surface area is 134 Å². The number of benzene rings is 2. The van der Waals surface area contributed by atoms with Gasteiger partial charge in [-0.15, -0.1) is 0 Å². The van der Waals surface area contributed by atoms with Crippen molar-refractivity contribution in [2.24, 2.45) is 0 Å². The minimum atomic E-state index is -1.42. The van der Waals surface area contributed by atoms with Gasteiger partial charge >= 0.3 is 5.97 Å². The van der Waals surface area contributed by atoms with Crippen LogP contribution in [0.25, 0.3) is 10.1 Å². The van der Waals surface area contributed by atoms with Gasteiger partial charge in [0.15, 0.2) is 0 Å². The van der Waals surface area contributed by atoms with Gasteiger partial charge in [0.1, 0.15) is 11.4 Å². The summed E-state index contributed by atoms with van der Waals surface area (Å²) in [5.74, 6) is -1.01. The molecular formula is C16H13NO3S2. The molecule has 2 N–H and O–H groups in total. The number of hydrogen-bond donors (Lipinski definition) is 2. The maximum Gasteiger partial charge on any atom is 0.335 e. The number of aromatic carboxylic acids is 1. The number of aryl methyl sites for hydroxylation is 1. The first kappa shape index (κ1) is 14.9. The fraction of sp³-hybridized carbons (Fsp3) is 0.0625. The summed E-state index contributed by atoms with van der Waals surface area (Å²) in [5.41, 5.74) is 1.67. The Bertz CT molecular complexity index is 844. The summed E-state index contributed by atoms with van der Waals surface area (Å²) in [6.45, 7) is 1.95. The van der Waals surface area contributed by atoms with Crippen molar-refractivity contribution in [3.8, 4) is 0 Å². The van der Waals surface area contributed by atoms with Gasteiger partial charge in [0.25, 0.3) is 0 Å². The first-order valence-electron chi connectivity index (χ1n) is 6.56. The topological polar surface area (TPSA) is 72.4 Å². The quantitative estimate of drug-likeness (QED) is 0.708. The lowest BCUT2D eigenvalue weighted by atomic mass is 10.2. The molecule has 0 saturated heterocycles. The van der Waals surface area contributed by atoms with Crippen LogP contribution in [-0.2, 0) is 11.4 Å². The lowest BCUT2D eigenvalue weighted by Crippen LogP contribution is -2.13. The second-order valence-corrected chi connectivity index (χ2v) is 7.23. The zero-order valence-electron chi connectivity index (χ0n) is 11.7. The van der Waals surface area contributed by atoms with E-state index in [2.05, 4.69) is 4.72 Å². The third kappa shape index (κ3) is 2.81. The average molecular weight is 331 g/mol. The summed E-state index contributed by atoms with van der Waals surface area (Å²) in [4.78, 5) is 11.0. The number of thiophene rings is 1. The Morgan fingerprint density at radius 1 is 1.23 bits per heavy atom. The fourth-order valence-electron chi connectivity index (χ4n) is 2.20. The molecule has 22 heavy (non-hydrogen) atoms. The van der Waals surface area contributed by atoms with Crippen LogP contribution >= 0.6 is 11.3 Å². The summed E-state index contributed by atoms with van der Waals surface area (Å²) < 4.78 is 17.3. The van der Waals surface area contributed by atoms with Crippen molar-refractivity contribution in [2.45, 2.75) is 11.1 Å². The van der Waals surface area contributed by atoms with Crippen LogP contribution in [0.2, 0.25) is 0 Å². The highest BCUT2D eigenvalue weighted by molar-refractivity contribution is 7.94. The molecule has 6 heteroatoms. The summed E-state index contributed by atoms with van der Waals surface area (Å²) >= 11 is 0.0582. The van der Waals surface area contributed by atoms with Crippen LogP contribution in [0, 0.1) is 6.92 Å². The molecule has 0 aliphatic carbocycles. The average Bonchev–Trinajstić information content (AvgIpc) is 2.85. The van der Waals surface area contributed by atoms with Crippen molar-refractivity contribution in [3.63, 3.8) is 0 Å². The Balaban J connectivity index is 1.90. The highest BCUT2D eigenvalue weighted by Crippen LogP contribution is 2.34. The molecule has 0 aliphatic heterocycles. The SMILES string of the molecule is Cc1c([S+]([O-])Nc2cccc(C(=O)O)c2)sc2ccccc12. The molecule has 1 aromatic heterocycles. The van der Waals surface area contributed by atoms with Gasteiger partial charge in [-0.1, -0.05) is 35.6 Å². The molecule has 3 rings (SSSR count). The van der Waals surface area contributed by atoms with Gasteiger partial charge < -0.3 is 9.66 Å². The minimum absolute atomic E-state index is 0.162. The molecule has 0 radical (unpaired) electrons. The molecule has 0 amide bonds. The van der Waals surface area contributed by atoms with Crippen LogP contribution in [0.1, 0.15) is 15.9 Å². The second-order valence-electron chi connectivity index (χ2n) is 4.77. The highest BCUT2D eigenvalue weighted by atomic mass is 32.2. The molecular weight excluding hydrogens is 318 g/mol. The smallest absolute Gasteiger partial charge is 0.335 e. The fourth-order valence-corrected chi connectivity index (χ4v) is 4.66. The second kappa shape index (κ2) is 6.00. The largest absolute Gasteiger partial charge is 0.587 e. The van der Waals surface area contributed by atoms with E-state index >= 15 is 0 Å². The predicted molar refractivity (Wildman–Crippen MR) is 90.0 cm³/mol.